The lowest BCUT2D eigenvalue weighted by Gasteiger charge is -2.32. The van der Waals surface area contributed by atoms with Crippen molar-refractivity contribution in [3.63, 3.8) is 0 Å². The second-order valence-electron chi connectivity index (χ2n) is 5.45. The zero-order valence-corrected chi connectivity index (χ0v) is 12.8. The Morgan fingerprint density at radius 3 is 2.90 bits per heavy atom. The standard InChI is InChI=1S/C15H17BrN2O2/c16-13-7-11(9-17)1-2-14(13)20-12-8-15(19-10-12)3-5-18-6-4-15/h1-2,7,12,18H,3-6,8,10H2. The Morgan fingerprint density at radius 1 is 1.40 bits per heavy atom. The third-order valence-electron chi connectivity index (χ3n) is 4.04. The lowest BCUT2D eigenvalue weighted by molar-refractivity contribution is -0.0205. The van der Waals surface area contributed by atoms with Crippen molar-refractivity contribution in [2.24, 2.45) is 0 Å². The molecule has 0 aromatic heterocycles. The van der Waals surface area contributed by atoms with Crippen LogP contribution in [-0.2, 0) is 4.74 Å². The predicted molar refractivity (Wildman–Crippen MR) is 78.7 cm³/mol. The minimum atomic E-state index is 0.00892. The van der Waals surface area contributed by atoms with Gasteiger partial charge in [-0.3, -0.25) is 0 Å². The van der Waals surface area contributed by atoms with E-state index in [1.807, 2.05) is 6.07 Å². The van der Waals surface area contributed by atoms with E-state index in [-0.39, 0.29) is 11.7 Å². The molecule has 1 N–H and O–H groups in total. The molecule has 0 aliphatic carbocycles. The second-order valence-corrected chi connectivity index (χ2v) is 6.30. The molecule has 106 valence electrons. The Bertz CT molecular complexity index is 535. The molecule has 3 rings (SSSR count). The van der Waals surface area contributed by atoms with E-state index in [0.717, 1.165) is 42.6 Å². The molecule has 4 nitrogen and oxygen atoms in total. The summed E-state index contributed by atoms with van der Waals surface area (Å²) >= 11 is 3.46. The van der Waals surface area contributed by atoms with Gasteiger partial charge in [-0.2, -0.15) is 5.26 Å². The summed E-state index contributed by atoms with van der Waals surface area (Å²) in [6, 6.07) is 7.52. The van der Waals surface area contributed by atoms with Gasteiger partial charge in [-0.15, -0.1) is 0 Å². The maximum atomic E-state index is 8.87. The molecule has 0 saturated carbocycles. The molecule has 1 spiro atoms. The minimum Gasteiger partial charge on any atom is -0.487 e. The Hall–Kier alpha value is -1.09. The molecule has 2 fully saturated rings. The molecule has 0 amide bonds. The lowest BCUT2D eigenvalue weighted by Crippen LogP contribution is -2.41. The molecular weight excluding hydrogens is 320 g/mol. The van der Waals surface area contributed by atoms with Crippen molar-refractivity contribution in [2.45, 2.75) is 31.0 Å². The van der Waals surface area contributed by atoms with Crippen LogP contribution >= 0.6 is 15.9 Å². The number of nitrogens with zero attached hydrogens (tertiary/aromatic N) is 1. The number of nitriles is 1. The Labute approximate surface area is 127 Å². The molecule has 1 aromatic rings. The quantitative estimate of drug-likeness (QED) is 0.901. The molecule has 2 heterocycles. The van der Waals surface area contributed by atoms with E-state index in [2.05, 4.69) is 27.3 Å². The summed E-state index contributed by atoms with van der Waals surface area (Å²) in [5, 5.41) is 12.2. The monoisotopic (exact) mass is 336 g/mol. The molecule has 2 aliphatic heterocycles. The molecule has 2 saturated heterocycles. The van der Waals surface area contributed by atoms with Crippen molar-refractivity contribution >= 4 is 15.9 Å². The normalized spacial score (nSPS) is 24.5. The summed E-state index contributed by atoms with van der Waals surface area (Å²) in [7, 11) is 0. The molecule has 0 bridgehead atoms. The second kappa shape index (κ2) is 5.72. The van der Waals surface area contributed by atoms with Crippen molar-refractivity contribution in [1.29, 1.82) is 5.26 Å². The summed E-state index contributed by atoms with van der Waals surface area (Å²) in [6.45, 7) is 2.69. The van der Waals surface area contributed by atoms with Crippen LogP contribution in [0.3, 0.4) is 0 Å². The Morgan fingerprint density at radius 2 is 2.20 bits per heavy atom. The van der Waals surface area contributed by atoms with Crippen LogP contribution in [0.1, 0.15) is 24.8 Å². The Kier molecular flexibility index (Phi) is 3.97. The van der Waals surface area contributed by atoms with Gasteiger partial charge in [0.05, 0.1) is 28.3 Å². The van der Waals surface area contributed by atoms with E-state index >= 15 is 0 Å². The summed E-state index contributed by atoms with van der Waals surface area (Å²) in [4.78, 5) is 0. The SMILES string of the molecule is N#Cc1ccc(OC2COC3(CCNCC3)C2)c(Br)c1. The minimum absolute atomic E-state index is 0.00892. The van der Waals surface area contributed by atoms with Crippen LogP contribution < -0.4 is 10.1 Å². The number of ether oxygens (including phenoxy) is 2. The highest BCUT2D eigenvalue weighted by molar-refractivity contribution is 9.10. The van der Waals surface area contributed by atoms with Crippen LogP contribution in [0.4, 0.5) is 0 Å². The molecule has 5 heteroatoms. The first-order valence-electron chi connectivity index (χ1n) is 6.92. The van der Waals surface area contributed by atoms with Gasteiger partial charge in [-0.25, -0.2) is 0 Å². The molecular formula is C15H17BrN2O2. The summed E-state index contributed by atoms with van der Waals surface area (Å²) in [5.41, 5.74) is 0.636. The van der Waals surface area contributed by atoms with Gasteiger partial charge in [0.1, 0.15) is 11.9 Å². The zero-order chi connectivity index (χ0) is 14.0. The lowest BCUT2D eigenvalue weighted by atomic mass is 9.89. The first-order chi connectivity index (χ1) is 9.71. The van der Waals surface area contributed by atoms with Gasteiger partial charge in [0.25, 0.3) is 0 Å². The van der Waals surface area contributed by atoms with E-state index in [9.17, 15) is 0 Å². The van der Waals surface area contributed by atoms with Gasteiger partial charge < -0.3 is 14.8 Å². The highest BCUT2D eigenvalue weighted by Crippen LogP contribution is 2.37. The number of nitrogens with one attached hydrogen (secondary N) is 1. The van der Waals surface area contributed by atoms with Crippen molar-refractivity contribution in [3.8, 4) is 11.8 Å². The number of rotatable bonds is 2. The zero-order valence-electron chi connectivity index (χ0n) is 11.2. The van der Waals surface area contributed by atoms with Gasteiger partial charge in [0.2, 0.25) is 0 Å². The first kappa shape index (κ1) is 13.9. The van der Waals surface area contributed by atoms with Gasteiger partial charge in [-0.05, 0) is 60.1 Å². The number of piperidine rings is 1. The van der Waals surface area contributed by atoms with E-state index < -0.39 is 0 Å². The summed E-state index contributed by atoms with van der Waals surface area (Å²) < 4.78 is 12.9. The molecule has 20 heavy (non-hydrogen) atoms. The Balaban J connectivity index is 1.66. The average molecular weight is 337 g/mol. The largest absolute Gasteiger partial charge is 0.487 e. The van der Waals surface area contributed by atoms with E-state index in [4.69, 9.17) is 14.7 Å². The highest BCUT2D eigenvalue weighted by Gasteiger charge is 2.42. The molecule has 1 atom stereocenters. The van der Waals surface area contributed by atoms with Gasteiger partial charge in [0, 0.05) is 6.42 Å². The summed E-state index contributed by atoms with van der Waals surface area (Å²) in [5.74, 6) is 0.781. The molecule has 2 aliphatic rings. The smallest absolute Gasteiger partial charge is 0.134 e. The topological polar surface area (TPSA) is 54.3 Å². The molecule has 1 aromatic carbocycles. The number of halogens is 1. The van der Waals surface area contributed by atoms with Crippen LogP contribution in [0.5, 0.6) is 5.75 Å². The van der Waals surface area contributed by atoms with Gasteiger partial charge >= 0.3 is 0 Å². The van der Waals surface area contributed by atoms with Crippen LogP contribution in [0.2, 0.25) is 0 Å². The molecule has 1 unspecified atom stereocenters. The average Bonchev–Trinajstić information content (AvgIpc) is 2.84. The number of hydrogen-bond acceptors (Lipinski definition) is 4. The van der Waals surface area contributed by atoms with Crippen molar-refractivity contribution < 1.29 is 9.47 Å². The number of benzene rings is 1. The fourth-order valence-corrected chi connectivity index (χ4v) is 3.43. The fraction of sp³-hybridized carbons (Fsp3) is 0.533. The third-order valence-corrected chi connectivity index (χ3v) is 4.66. The van der Waals surface area contributed by atoms with E-state index in [0.29, 0.717) is 12.2 Å². The van der Waals surface area contributed by atoms with Gasteiger partial charge in [0.15, 0.2) is 0 Å². The predicted octanol–water partition coefficient (Wildman–Crippen LogP) is 2.61. The third kappa shape index (κ3) is 2.83. The highest BCUT2D eigenvalue weighted by atomic mass is 79.9. The first-order valence-corrected chi connectivity index (χ1v) is 7.71. The van der Waals surface area contributed by atoms with E-state index in [1.165, 1.54) is 0 Å². The van der Waals surface area contributed by atoms with Crippen molar-refractivity contribution in [1.82, 2.24) is 5.32 Å². The van der Waals surface area contributed by atoms with Crippen LogP contribution in [0.15, 0.2) is 22.7 Å². The van der Waals surface area contributed by atoms with Crippen molar-refractivity contribution in [3.05, 3.63) is 28.2 Å². The maximum absolute atomic E-state index is 8.87. The summed E-state index contributed by atoms with van der Waals surface area (Å²) in [6.07, 6.45) is 3.15. The van der Waals surface area contributed by atoms with Crippen molar-refractivity contribution in [2.75, 3.05) is 19.7 Å². The van der Waals surface area contributed by atoms with Crippen LogP contribution in [0, 0.1) is 11.3 Å². The van der Waals surface area contributed by atoms with E-state index in [1.54, 1.807) is 12.1 Å². The van der Waals surface area contributed by atoms with Gasteiger partial charge in [-0.1, -0.05) is 0 Å². The molecule has 0 radical (unpaired) electrons. The van der Waals surface area contributed by atoms with Crippen LogP contribution in [0.25, 0.3) is 0 Å². The number of hydrogen-bond donors (Lipinski definition) is 1. The fourth-order valence-electron chi connectivity index (χ4n) is 2.95. The maximum Gasteiger partial charge on any atom is 0.134 e. The van der Waals surface area contributed by atoms with Crippen LogP contribution in [-0.4, -0.2) is 31.4 Å².